The molecule has 1 rings (SSSR count). The summed E-state index contributed by atoms with van der Waals surface area (Å²) < 4.78 is 4.78. The van der Waals surface area contributed by atoms with Crippen LogP contribution in [0.5, 0.6) is 0 Å². The molecule has 0 N–H and O–H groups in total. The second-order valence-electron chi connectivity index (χ2n) is 3.15. The third-order valence-corrected chi connectivity index (χ3v) is 2.59. The van der Waals surface area contributed by atoms with Gasteiger partial charge in [0.25, 0.3) is 0 Å². The van der Waals surface area contributed by atoms with Crippen LogP contribution in [0.4, 0.5) is 0 Å². The molecule has 10 heavy (non-hydrogen) atoms. The van der Waals surface area contributed by atoms with Crippen LogP contribution in [-0.2, 0) is 9.53 Å². The van der Waals surface area contributed by atoms with Crippen LogP contribution < -0.4 is 0 Å². The summed E-state index contributed by atoms with van der Waals surface area (Å²) in [5, 5.41) is 0. The van der Waals surface area contributed by atoms with Crippen molar-refractivity contribution in [1.29, 1.82) is 0 Å². The largest absolute Gasteiger partial charge is 0.454 e. The van der Waals surface area contributed by atoms with E-state index in [4.69, 9.17) is 4.74 Å². The van der Waals surface area contributed by atoms with Crippen LogP contribution >= 0.6 is 0 Å². The Labute approximate surface area is 61.6 Å². The van der Waals surface area contributed by atoms with Crippen molar-refractivity contribution in [3.8, 4) is 0 Å². The van der Waals surface area contributed by atoms with E-state index >= 15 is 0 Å². The van der Waals surface area contributed by atoms with Crippen molar-refractivity contribution in [3.05, 3.63) is 0 Å². The molecular weight excluding hydrogens is 128 g/mol. The Bertz CT molecular complexity index is 122. The maximum Gasteiger partial charge on any atom is 0.417 e. The molecule has 0 amide bonds. The maximum absolute atomic E-state index is 9.87. The van der Waals surface area contributed by atoms with E-state index in [1.165, 1.54) is 12.9 Å². The van der Waals surface area contributed by atoms with Gasteiger partial charge in [0.2, 0.25) is 0 Å². The minimum Gasteiger partial charge on any atom is -0.454 e. The van der Waals surface area contributed by atoms with Gasteiger partial charge in [0.15, 0.2) is 0 Å². The van der Waals surface area contributed by atoms with Gasteiger partial charge in [0, 0.05) is 0 Å². The van der Waals surface area contributed by atoms with Crippen molar-refractivity contribution in [3.63, 3.8) is 0 Å². The minimum atomic E-state index is 0.132. The molecule has 2 heteroatoms. The summed E-state index contributed by atoms with van der Waals surface area (Å²) >= 11 is 0. The van der Waals surface area contributed by atoms with Crippen LogP contribution in [0, 0.1) is 11.8 Å². The summed E-state index contributed by atoms with van der Waals surface area (Å²) in [5.74, 6) is 1.21. The summed E-state index contributed by atoms with van der Waals surface area (Å²) in [5.41, 5.74) is 0. The molecule has 1 fully saturated rings. The zero-order valence-corrected chi connectivity index (χ0v) is 6.46. The Balaban J connectivity index is 2.40. The van der Waals surface area contributed by atoms with Crippen LogP contribution in [0.3, 0.4) is 0 Å². The molecule has 0 aliphatic heterocycles. The molecule has 0 aromatic carbocycles. The molecule has 0 heterocycles. The van der Waals surface area contributed by atoms with E-state index in [2.05, 4.69) is 13.8 Å². The lowest BCUT2D eigenvalue weighted by atomic mass is 9.99. The van der Waals surface area contributed by atoms with Crippen LogP contribution in [0.25, 0.3) is 0 Å². The number of hydrogen-bond donors (Lipinski definition) is 0. The van der Waals surface area contributed by atoms with Gasteiger partial charge < -0.3 is 4.74 Å². The Morgan fingerprint density at radius 1 is 1.40 bits per heavy atom. The first kappa shape index (κ1) is 7.58. The minimum absolute atomic E-state index is 0.132. The van der Waals surface area contributed by atoms with Gasteiger partial charge in [-0.1, -0.05) is 13.8 Å². The molecule has 0 spiro atoms. The highest BCUT2D eigenvalue weighted by atomic mass is 16.5. The zero-order valence-electron chi connectivity index (χ0n) is 6.46. The van der Waals surface area contributed by atoms with Gasteiger partial charge in [-0.05, 0) is 24.7 Å². The fraction of sp³-hybridized carbons (Fsp3) is 0.875. The fourth-order valence-electron chi connectivity index (χ4n) is 1.55. The predicted molar refractivity (Wildman–Crippen MR) is 38.1 cm³/mol. The summed E-state index contributed by atoms with van der Waals surface area (Å²) in [6.07, 6.45) is 2.32. The topological polar surface area (TPSA) is 26.3 Å². The van der Waals surface area contributed by atoms with Crippen molar-refractivity contribution in [2.75, 3.05) is 0 Å². The summed E-state index contributed by atoms with van der Waals surface area (Å²) in [4.78, 5) is 9.87. The van der Waals surface area contributed by atoms with Gasteiger partial charge in [-0.2, -0.15) is 0 Å². The van der Waals surface area contributed by atoms with Crippen LogP contribution in [-0.4, -0.2) is 12.6 Å². The lowest BCUT2D eigenvalue weighted by Crippen LogP contribution is -2.17. The highest BCUT2D eigenvalue weighted by molar-refractivity contribution is 5.38. The maximum atomic E-state index is 9.87. The average Bonchev–Trinajstić information content (AvgIpc) is 2.20. The Morgan fingerprint density at radius 2 is 2.10 bits per heavy atom. The summed E-state index contributed by atoms with van der Waals surface area (Å²) in [6, 6.07) is 0. The first-order valence-corrected chi connectivity index (χ1v) is 3.78. The molecule has 0 saturated heterocycles. The third-order valence-electron chi connectivity index (χ3n) is 2.59. The van der Waals surface area contributed by atoms with Gasteiger partial charge >= 0.3 is 6.47 Å². The first-order valence-electron chi connectivity index (χ1n) is 3.78. The molecule has 2 nitrogen and oxygen atoms in total. The van der Waals surface area contributed by atoms with Gasteiger partial charge in [0.05, 0.1) is 0 Å². The smallest absolute Gasteiger partial charge is 0.417 e. The van der Waals surface area contributed by atoms with E-state index in [0.717, 1.165) is 6.42 Å². The lowest BCUT2D eigenvalue weighted by molar-refractivity contribution is 0.135. The predicted octanol–water partition coefficient (Wildman–Crippen LogP) is 1.50. The summed E-state index contributed by atoms with van der Waals surface area (Å²) in [6.45, 7) is 5.83. The fourth-order valence-corrected chi connectivity index (χ4v) is 1.55. The van der Waals surface area contributed by atoms with E-state index in [1.807, 2.05) is 0 Å². The SMILES string of the molecule is CC1CCC(O[C]=O)C1C. The van der Waals surface area contributed by atoms with Crippen LogP contribution in [0.1, 0.15) is 26.7 Å². The molecule has 0 bridgehead atoms. The van der Waals surface area contributed by atoms with E-state index in [1.54, 1.807) is 0 Å². The molecule has 3 unspecified atom stereocenters. The van der Waals surface area contributed by atoms with E-state index < -0.39 is 0 Å². The van der Waals surface area contributed by atoms with Gasteiger partial charge in [-0.15, -0.1) is 0 Å². The van der Waals surface area contributed by atoms with Crippen molar-refractivity contribution in [2.45, 2.75) is 32.8 Å². The molecule has 1 saturated carbocycles. The van der Waals surface area contributed by atoms with Crippen LogP contribution in [0.2, 0.25) is 0 Å². The average molecular weight is 141 g/mol. The highest BCUT2D eigenvalue weighted by Crippen LogP contribution is 2.32. The Hall–Kier alpha value is -0.530. The number of rotatable bonds is 2. The number of hydrogen-bond acceptors (Lipinski definition) is 2. The normalized spacial score (nSPS) is 39.6. The summed E-state index contributed by atoms with van der Waals surface area (Å²) in [7, 11) is 0. The lowest BCUT2D eigenvalue weighted by Gasteiger charge is -2.14. The Kier molecular flexibility index (Phi) is 2.30. The van der Waals surface area contributed by atoms with Crippen molar-refractivity contribution >= 4 is 6.47 Å². The zero-order chi connectivity index (χ0) is 7.56. The first-order chi connectivity index (χ1) is 4.75. The van der Waals surface area contributed by atoms with Crippen molar-refractivity contribution in [1.82, 2.24) is 0 Å². The van der Waals surface area contributed by atoms with E-state index in [0.29, 0.717) is 11.8 Å². The monoisotopic (exact) mass is 141 g/mol. The molecule has 0 aromatic rings. The van der Waals surface area contributed by atoms with Gasteiger partial charge in [-0.3, -0.25) is 0 Å². The number of carbonyl (C=O) groups excluding carboxylic acids is 1. The molecule has 57 valence electrons. The third kappa shape index (κ3) is 1.31. The molecule has 0 aromatic heterocycles. The van der Waals surface area contributed by atoms with Crippen LogP contribution in [0.15, 0.2) is 0 Å². The second-order valence-corrected chi connectivity index (χ2v) is 3.15. The quantitative estimate of drug-likeness (QED) is 0.582. The van der Waals surface area contributed by atoms with Gasteiger partial charge in [0.1, 0.15) is 6.10 Å². The van der Waals surface area contributed by atoms with Crippen molar-refractivity contribution in [2.24, 2.45) is 11.8 Å². The molecule has 1 aliphatic carbocycles. The highest BCUT2D eigenvalue weighted by Gasteiger charge is 2.30. The van der Waals surface area contributed by atoms with E-state index in [9.17, 15) is 4.79 Å². The molecular formula is C8H13O2. The second kappa shape index (κ2) is 3.04. The van der Waals surface area contributed by atoms with Crippen molar-refractivity contribution < 1.29 is 9.53 Å². The molecule has 3 atom stereocenters. The Morgan fingerprint density at radius 3 is 2.50 bits per heavy atom. The molecule has 1 radical (unpaired) electrons. The standard InChI is InChI=1S/C8H13O2/c1-6-3-4-8(7(6)2)10-5-9/h6-8H,3-4H2,1-2H3. The van der Waals surface area contributed by atoms with Gasteiger partial charge in [-0.25, -0.2) is 4.79 Å². The molecule has 1 aliphatic rings. The van der Waals surface area contributed by atoms with E-state index in [-0.39, 0.29) is 6.10 Å². The number of ether oxygens (including phenoxy) is 1.